The molecule has 0 spiro atoms. The molecule has 0 radical (unpaired) electrons. The highest BCUT2D eigenvalue weighted by Gasteiger charge is 2.06. The van der Waals surface area contributed by atoms with E-state index in [0.29, 0.717) is 25.5 Å². The van der Waals surface area contributed by atoms with Gasteiger partial charge in [-0.25, -0.2) is 0 Å². The van der Waals surface area contributed by atoms with Gasteiger partial charge in [0.05, 0.1) is 6.61 Å². The van der Waals surface area contributed by atoms with Crippen LogP contribution in [0.3, 0.4) is 0 Å². The van der Waals surface area contributed by atoms with Crippen LogP contribution in [0.1, 0.15) is 13.3 Å². The number of methoxy groups -OCH3 is 1. The molecule has 0 aromatic heterocycles. The van der Waals surface area contributed by atoms with Crippen LogP contribution in [0, 0.1) is 0 Å². The van der Waals surface area contributed by atoms with Crippen LogP contribution in [-0.4, -0.2) is 64.2 Å². The van der Waals surface area contributed by atoms with Crippen LogP contribution in [0.25, 0.3) is 0 Å². The summed E-state index contributed by atoms with van der Waals surface area (Å²) in [6.45, 7) is 3.18. The van der Waals surface area contributed by atoms with Gasteiger partial charge in [0.25, 0.3) is 0 Å². The number of rotatable bonds is 6. The maximum absolute atomic E-state index is 11.3. The smallest absolute Gasteiger partial charge is 0.223 e. The minimum Gasteiger partial charge on any atom is -0.383 e. The number of hydrogen-bond acceptors (Lipinski definition) is 3. The maximum atomic E-state index is 11.3. The highest BCUT2D eigenvalue weighted by molar-refractivity contribution is 14.0. The molecule has 1 unspecified atom stereocenters. The molecular weight excluding hydrogens is 347 g/mol. The Balaban J connectivity index is 0. The van der Waals surface area contributed by atoms with Gasteiger partial charge in [-0.15, -0.1) is 24.0 Å². The van der Waals surface area contributed by atoms with E-state index in [1.54, 1.807) is 33.2 Å². The third-order valence-corrected chi connectivity index (χ3v) is 2.15. The van der Waals surface area contributed by atoms with Gasteiger partial charge in [-0.2, -0.15) is 0 Å². The van der Waals surface area contributed by atoms with E-state index in [0.717, 1.165) is 0 Å². The molecule has 1 atom stereocenters. The van der Waals surface area contributed by atoms with E-state index in [-0.39, 0.29) is 35.9 Å². The fraction of sp³-hybridized carbons (Fsp3) is 0.818. The lowest BCUT2D eigenvalue weighted by molar-refractivity contribution is -0.128. The molecule has 0 rings (SSSR count). The molecule has 0 aliphatic rings. The Hall–Kier alpha value is -0.570. The van der Waals surface area contributed by atoms with Crippen LogP contribution in [0.5, 0.6) is 0 Å². The Morgan fingerprint density at radius 3 is 2.50 bits per heavy atom. The summed E-state index contributed by atoms with van der Waals surface area (Å²) in [7, 11) is 6.85. The molecule has 0 aliphatic carbocycles. The zero-order valence-corrected chi connectivity index (χ0v) is 14.1. The van der Waals surface area contributed by atoms with Crippen LogP contribution in [0.2, 0.25) is 0 Å². The molecule has 7 heteroatoms. The third kappa shape index (κ3) is 9.46. The molecule has 108 valence electrons. The molecule has 0 aromatic carbocycles. The first-order chi connectivity index (χ1) is 8.01. The molecule has 0 aliphatic heterocycles. The maximum Gasteiger partial charge on any atom is 0.223 e. The molecule has 0 heterocycles. The molecule has 6 nitrogen and oxygen atoms in total. The molecule has 0 fully saturated rings. The van der Waals surface area contributed by atoms with Crippen molar-refractivity contribution in [2.75, 3.05) is 41.4 Å². The molecule has 0 saturated heterocycles. The number of hydrogen-bond donors (Lipinski definition) is 2. The van der Waals surface area contributed by atoms with Crippen molar-refractivity contribution in [1.82, 2.24) is 15.5 Å². The quantitative estimate of drug-likeness (QED) is 0.400. The van der Waals surface area contributed by atoms with Gasteiger partial charge >= 0.3 is 0 Å². The highest BCUT2D eigenvalue weighted by Crippen LogP contribution is 1.86. The summed E-state index contributed by atoms with van der Waals surface area (Å²) < 4.78 is 5.02. The van der Waals surface area contributed by atoms with Crippen LogP contribution in [0.15, 0.2) is 4.99 Å². The van der Waals surface area contributed by atoms with E-state index < -0.39 is 0 Å². The van der Waals surface area contributed by atoms with Crippen LogP contribution >= 0.6 is 24.0 Å². The Bertz CT molecular complexity index is 259. The van der Waals surface area contributed by atoms with E-state index >= 15 is 0 Å². The fourth-order valence-corrected chi connectivity index (χ4v) is 1.23. The standard InChI is InChI=1S/C11H24N4O2.HI/c1-9(8-17-5)14-11(12-2)13-7-6-10(16)15(3)4;/h9H,6-8H2,1-5H3,(H2,12,13,14);1H. The number of aliphatic imine (C=N–C) groups is 1. The zero-order valence-electron chi connectivity index (χ0n) is 11.8. The molecule has 0 bridgehead atoms. The van der Waals surface area contributed by atoms with Crippen molar-refractivity contribution in [3.05, 3.63) is 0 Å². The molecule has 0 saturated carbocycles. The average molecular weight is 372 g/mol. The average Bonchev–Trinajstić information content (AvgIpc) is 2.27. The van der Waals surface area contributed by atoms with E-state index in [4.69, 9.17) is 4.74 Å². The minimum absolute atomic E-state index is 0. The monoisotopic (exact) mass is 372 g/mol. The van der Waals surface area contributed by atoms with Gasteiger partial charge < -0.3 is 20.3 Å². The number of carbonyl (C=O) groups is 1. The molecule has 18 heavy (non-hydrogen) atoms. The lowest BCUT2D eigenvalue weighted by Crippen LogP contribution is -2.44. The molecule has 1 amide bonds. The predicted molar refractivity (Wildman–Crippen MR) is 84.6 cm³/mol. The first-order valence-corrected chi connectivity index (χ1v) is 5.67. The van der Waals surface area contributed by atoms with Crippen molar-refractivity contribution in [2.24, 2.45) is 4.99 Å². The summed E-state index contributed by atoms with van der Waals surface area (Å²) in [6, 6.07) is 0.177. The Labute approximate surface area is 127 Å². The van der Waals surface area contributed by atoms with Crippen LogP contribution in [-0.2, 0) is 9.53 Å². The minimum atomic E-state index is 0. The summed E-state index contributed by atoms with van der Waals surface area (Å²) in [5.74, 6) is 0.777. The number of halogens is 1. The van der Waals surface area contributed by atoms with E-state index in [1.807, 2.05) is 6.92 Å². The summed E-state index contributed by atoms with van der Waals surface area (Å²) >= 11 is 0. The second-order valence-electron chi connectivity index (χ2n) is 4.04. The first kappa shape index (κ1) is 19.8. The zero-order chi connectivity index (χ0) is 13.3. The number of nitrogens with one attached hydrogen (secondary N) is 2. The van der Waals surface area contributed by atoms with Crippen molar-refractivity contribution in [1.29, 1.82) is 0 Å². The summed E-state index contributed by atoms with van der Waals surface area (Å²) in [6.07, 6.45) is 0.451. The normalized spacial score (nSPS) is 12.4. The number of nitrogens with zero attached hydrogens (tertiary/aromatic N) is 2. The summed E-state index contributed by atoms with van der Waals surface area (Å²) in [4.78, 5) is 17.0. The van der Waals surface area contributed by atoms with Gasteiger partial charge in [-0.05, 0) is 6.92 Å². The van der Waals surface area contributed by atoms with E-state index in [2.05, 4.69) is 15.6 Å². The van der Waals surface area contributed by atoms with Crippen molar-refractivity contribution >= 4 is 35.8 Å². The van der Waals surface area contributed by atoms with Crippen molar-refractivity contribution in [3.8, 4) is 0 Å². The highest BCUT2D eigenvalue weighted by atomic mass is 127. The summed E-state index contributed by atoms with van der Waals surface area (Å²) in [5.41, 5.74) is 0. The first-order valence-electron chi connectivity index (χ1n) is 5.67. The third-order valence-electron chi connectivity index (χ3n) is 2.15. The van der Waals surface area contributed by atoms with Crippen LogP contribution in [0.4, 0.5) is 0 Å². The second-order valence-corrected chi connectivity index (χ2v) is 4.04. The van der Waals surface area contributed by atoms with Crippen molar-refractivity contribution in [2.45, 2.75) is 19.4 Å². The number of carbonyl (C=O) groups excluding carboxylic acids is 1. The van der Waals surface area contributed by atoms with Gasteiger partial charge in [0.1, 0.15) is 0 Å². The lowest BCUT2D eigenvalue weighted by Gasteiger charge is -2.17. The predicted octanol–water partition coefficient (Wildman–Crippen LogP) is 0.283. The van der Waals surface area contributed by atoms with Gasteiger partial charge in [-0.1, -0.05) is 0 Å². The van der Waals surface area contributed by atoms with Gasteiger partial charge in [0, 0.05) is 47.3 Å². The Morgan fingerprint density at radius 2 is 2.06 bits per heavy atom. The number of guanidine groups is 1. The number of ether oxygens (including phenoxy) is 1. The largest absolute Gasteiger partial charge is 0.383 e. The molecular formula is C11H25IN4O2. The van der Waals surface area contributed by atoms with Crippen molar-refractivity contribution in [3.63, 3.8) is 0 Å². The lowest BCUT2D eigenvalue weighted by atomic mass is 10.3. The fourth-order valence-electron chi connectivity index (χ4n) is 1.23. The SMILES string of the molecule is CN=C(NCCC(=O)N(C)C)NC(C)COC.I. The van der Waals surface area contributed by atoms with Gasteiger partial charge in [-0.3, -0.25) is 9.79 Å². The topological polar surface area (TPSA) is 66.0 Å². The van der Waals surface area contributed by atoms with E-state index in [9.17, 15) is 4.79 Å². The van der Waals surface area contributed by atoms with Gasteiger partial charge in [0.2, 0.25) is 5.91 Å². The molecule has 2 N–H and O–H groups in total. The Kier molecular flexibility index (Phi) is 12.6. The summed E-state index contributed by atoms with van der Waals surface area (Å²) in [5, 5.41) is 6.24. The number of amides is 1. The molecule has 0 aromatic rings. The van der Waals surface area contributed by atoms with E-state index in [1.165, 1.54) is 0 Å². The van der Waals surface area contributed by atoms with Crippen LogP contribution < -0.4 is 10.6 Å². The Morgan fingerprint density at radius 1 is 1.44 bits per heavy atom. The van der Waals surface area contributed by atoms with Gasteiger partial charge in [0.15, 0.2) is 5.96 Å². The second kappa shape index (κ2) is 11.5. The van der Waals surface area contributed by atoms with Crippen molar-refractivity contribution < 1.29 is 9.53 Å².